The third kappa shape index (κ3) is 2.90. The minimum absolute atomic E-state index is 0.165. The number of para-hydroxylation sites is 1. The van der Waals surface area contributed by atoms with Crippen LogP contribution in [0.1, 0.15) is 16.7 Å². The number of rotatable bonds is 1. The molecule has 0 unspecified atom stereocenters. The van der Waals surface area contributed by atoms with E-state index in [1.807, 2.05) is 54.6 Å². The smallest absolute Gasteiger partial charge is 0.139 e. The first-order chi connectivity index (χ1) is 12.3. The van der Waals surface area contributed by atoms with Crippen molar-refractivity contribution in [1.82, 2.24) is 0 Å². The van der Waals surface area contributed by atoms with Crippen molar-refractivity contribution >= 4 is 6.08 Å². The summed E-state index contributed by atoms with van der Waals surface area (Å²) in [6.45, 7) is 4.73. The zero-order valence-corrected chi connectivity index (χ0v) is 13.7. The van der Waals surface area contributed by atoms with Crippen molar-refractivity contribution in [2.45, 2.75) is 13.2 Å². The predicted molar refractivity (Wildman–Crippen MR) is 98.6 cm³/mol. The van der Waals surface area contributed by atoms with E-state index in [2.05, 4.69) is 6.58 Å². The molecule has 25 heavy (non-hydrogen) atoms. The molecule has 0 fully saturated rings. The maximum absolute atomic E-state index is 10.7. The summed E-state index contributed by atoms with van der Waals surface area (Å²) in [5.41, 5.74) is 4.36. The molecule has 0 atom stereocenters. The van der Waals surface area contributed by atoms with Gasteiger partial charge in [-0.1, -0.05) is 55.1 Å². The van der Waals surface area contributed by atoms with Gasteiger partial charge in [-0.15, -0.1) is 0 Å². The average Bonchev–Trinajstić information content (AvgIpc) is 2.63. The highest BCUT2D eigenvalue weighted by Crippen LogP contribution is 2.44. The summed E-state index contributed by atoms with van der Waals surface area (Å²) < 4.78 is 12.1. The molecule has 1 heterocycles. The van der Waals surface area contributed by atoms with Crippen molar-refractivity contribution in [2.75, 3.05) is 0 Å². The Labute approximate surface area is 146 Å². The highest BCUT2D eigenvalue weighted by atomic mass is 16.5. The number of ether oxygens (including phenoxy) is 2. The number of phenols is 1. The van der Waals surface area contributed by atoms with Crippen LogP contribution in [-0.2, 0) is 18.0 Å². The molecule has 0 saturated carbocycles. The van der Waals surface area contributed by atoms with Crippen LogP contribution in [0.3, 0.4) is 0 Å². The van der Waals surface area contributed by atoms with Crippen LogP contribution in [0.5, 0.6) is 17.2 Å². The minimum atomic E-state index is 0.165. The van der Waals surface area contributed by atoms with E-state index in [4.69, 9.17) is 9.47 Å². The SMILES string of the molecule is C=Cc1cc(O)c2c(c1)Oc1ccccc1COCc1ccccc1-2. The molecule has 0 spiro atoms. The zero-order valence-electron chi connectivity index (χ0n) is 13.7. The summed E-state index contributed by atoms with van der Waals surface area (Å²) in [6, 6.07) is 19.3. The molecule has 0 amide bonds. The van der Waals surface area contributed by atoms with Crippen LogP contribution in [-0.4, -0.2) is 5.11 Å². The van der Waals surface area contributed by atoms with Crippen LogP contribution < -0.4 is 4.74 Å². The number of aromatic hydroxyl groups is 1. The standard InChI is InChI=1S/C22H18O3/c1-2-15-11-19(23)22-18-9-5-3-7-16(18)13-24-14-17-8-4-6-10-20(17)25-21(22)12-15/h2-12,23H,1,13-14H2. The Balaban J connectivity index is 1.99. The third-order valence-corrected chi connectivity index (χ3v) is 4.33. The first kappa shape index (κ1) is 15.5. The van der Waals surface area contributed by atoms with E-state index in [0.717, 1.165) is 28.0 Å². The van der Waals surface area contributed by atoms with E-state index in [1.54, 1.807) is 12.1 Å². The minimum Gasteiger partial charge on any atom is -0.507 e. The number of fused-ring (bicyclic) bond motifs is 4. The summed E-state index contributed by atoms with van der Waals surface area (Å²) in [5.74, 6) is 1.50. The Hall–Kier alpha value is -3.04. The molecule has 3 aromatic carbocycles. The van der Waals surface area contributed by atoms with Gasteiger partial charge in [0.25, 0.3) is 0 Å². The van der Waals surface area contributed by atoms with Crippen molar-refractivity contribution < 1.29 is 14.6 Å². The molecule has 1 N–H and O–H groups in total. The molecule has 0 aromatic heterocycles. The Morgan fingerprint density at radius 3 is 2.44 bits per heavy atom. The van der Waals surface area contributed by atoms with Crippen molar-refractivity contribution in [3.63, 3.8) is 0 Å². The lowest BCUT2D eigenvalue weighted by Crippen LogP contribution is -2.02. The van der Waals surface area contributed by atoms with E-state index < -0.39 is 0 Å². The lowest BCUT2D eigenvalue weighted by molar-refractivity contribution is 0.106. The van der Waals surface area contributed by atoms with Gasteiger partial charge < -0.3 is 14.6 Å². The van der Waals surface area contributed by atoms with Gasteiger partial charge in [-0.05, 0) is 34.9 Å². The van der Waals surface area contributed by atoms with Crippen molar-refractivity contribution in [3.05, 3.63) is 83.9 Å². The summed E-state index contributed by atoms with van der Waals surface area (Å²) in [7, 11) is 0. The van der Waals surface area contributed by atoms with Gasteiger partial charge >= 0.3 is 0 Å². The summed E-state index contributed by atoms with van der Waals surface area (Å²) in [4.78, 5) is 0. The maximum atomic E-state index is 10.7. The fourth-order valence-corrected chi connectivity index (χ4v) is 3.09. The van der Waals surface area contributed by atoms with Crippen LogP contribution in [0.25, 0.3) is 17.2 Å². The molecule has 3 heteroatoms. The molecule has 0 radical (unpaired) electrons. The lowest BCUT2D eigenvalue weighted by Gasteiger charge is -2.20. The fraction of sp³-hybridized carbons (Fsp3) is 0.0909. The Morgan fingerprint density at radius 1 is 0.880 bits per heavy atom. The normalized spacial score (nSPS) is 13.0. The van der Waals surface area contributed by atoms with Crippen molar-refractivity contribution in [1.29, 1.82) is 0 Å². The van der Waals surface area contributed by atoms with E-state index in [-0.39, 0.29) is 5.75 Å². The lowest BCUT2D eigenvalue weighted by atomic mass is 9.96. The van der Waals surface area contributed by atoms with Crippen molar-refractivity contribution in [3.8, 4) is 28.4 Å². The summed E-state index contributed by atoms with van der Waals surface area (Å²) >= 11 is 0. The Morgan fingerprint density at radius 2 is 1.60 bits per heavy atom. The van der Waals surface area contributed by atoms with Gasteiger partial charge in [0.1, 0.15) is 17.2 Å². The average molecular weight is 330 g/mol. The molecule has 0 saturated heterocycles. The van der Waals surface area contributed by atoms with Crippen LogP contribution in [0.15, 0.2) is 67.2 Å². The molecule has 3 aromatic rings. The van der Waals surface area contributed by atoms with Gasteiger partial charge in [0.2, 0.25) is 0 Å². The molecule has 1 aliphatic rings. The highest BCUT2D eigenvalue weighted by Gasteiger charge is 2.19. The van der Waals surface area contributed by atoms with Gasteiger partial charge in [-0.25, -0.2) is 0 Å². The molecule has 0 aliphatic carbocycles. The molecule has 0 bridgehead atoms. The van der Waals surface area contributed by atoms with Crippen LogP contribution >= 0.6 is 0 Å². The summed E-state index contributed by atoms with van der Waals surface area (Å²) in [5, 5.41) is 10.7. The van der Waals surface area contributed by atoms with Gasteiger partial charge in [0.05, 0.1) is 18.8 Å². The first-order valence-corrected chi connectivity index (χ1v) is 8.17. The van der Waals surface area contributed by atoms with E-state index >= 15 is 0 Å². The third-order valence-electron chi connectivity index (χ3n) is 4.33. The van der Waals surface area contributed by atoms with Crippen LogP contribution in [0.2, 0.25) is 0 Å². The zero-order chi connectivity index (χ0) is 17.2. The largest absolute Gasteiger partial charge is 0.507 e. The topological polar surface area (TPSA) is 38.7 Å². The van der Waals surface area contributed by atoms with E-state index in [0.29, 0.717) is 24.5 Å². The maximum Gasteiger partial charge on any atom is 0.139 e. The molecular weight excluding hydrogens is 312 g/mol. The number of hydrogen-bond donors (Lipinski definition) is 1. The molecule has 1 aliphatic heterocycles. The number of phenolic OH excluding ortho intramolecular Hbond substituents is 1. The second kappa shape index (κ2) is 6.46. The fourth-order valence-electron chi connectivity index (χ4n) is 3.09. The molecular formula is C22H18O3. The van der Waals surface area contributed by atoms with Crippen LogP contribution in [0.4, 0.5) is 0 Å². The molecule has 4 rings (SSSR count). The Kier molecular flexibility index (Phi) is 4.00. The van der Waals surface area contributed by atoms with E-state index in [9.17, 15) is 5.11 Å². The Bertz CT molecular complexity index is 944. The van der Waals surface area contributed by atoms with Crippen molar-refractivity contribution in [2.24, 2.45) is 0 Å². The van der Waals surface area contributed by atoms with Gasteiger partial charge in [-0.3, -0.25) is 0 Å². The van der Waals surface area contributed by atoms with Gasteiger partial charge in [-0.2, -0.15) is 0 Å². The molecule has 124 valence electrons. The number of benzene rings is 3. The quantitative estimate of drug-likeness (QED) is 0.638. The van der Waals surface area contributed by atoms with Crippen LogP contribution in [0, 0.1) is 0 Å². The second-order valence-electron chi connectivity index (χ2n) is 5.98. The predicted octanol–water partition coefficient (Wildman–Crippen LogP) is 5.52. The van der Waals surface area contributed by atoms with E-state index in [1.165, 1.54) is 0 Å². The molecule has 3 nitrogen and oxygen atoms in total. The monoisotopic (exact) mass is 330 g/mol. The second-order valence-corrected chi connectivity index (χ2v) is 5.98. The number of hydrogen-bond acceptors (Lipinski definition) is 3. The highest BCUT2D eigenvalue weighted by molar-refractivity contribution is 5.81. The van der Waals surface area contributed by atoms with Gasteiger partial charge in [0.15, 0.2) is 0 Å². The summed E-state index contributed by atoms with van der Waals surface area (Å²) in [6.07, 6.45) is 1.70. The first-order valence-electron chi connectivity index (χ1n) is 8.17. The van der Waals surface area contributed by atoms with Gasteiger partial charge in [0, 0.05) is 5.56 Å².